The van der Waals surface area contributed by atoms with Crippen molar-refractivity contribution in [2.75, 3.05) is 0 Å². The monoisotopic (exact) mass is 328 g/mol. The van der Waals surface area contributed by atoms with Crippen molar-refractivity contribution in [3.8, 4) is 0 Å². The lowest BCUT2D eigenvalue weighted by molar-refractivity contribution is 0.134. The highest BCUT2D eigenvalue weighted by Crippen LogP contribution is 2.22. The number of nitrogens with zero attached hydrogens (tertiary/aromatic N) is 3. The molecule has 0 spiro atoms. The van der Waals surface area contributed by atoms with Gasteiger partial charge in [0.15, 0.2) is 0 Å². The zero-order valence-corrected chi connectivity index (χ0v) is 12.6. The van der Waals surface area contributed by atoms with Gasteiger partial charge in [-0.3, -0.25) is 10.4 Å². The van der Waals surface area contributed by atoms with Crippen LogP contribution in [0.25, 0.3) is 11.0 Å². The number of fused-ring (bicyclic) bond motifs is 1. The molecule has 0 radical (unpaired) electrons. The van der Waals surface area contributed by atoms with E-state index in [0.717, 1.165) is 22.2 Å². The molecule has 5 nitrogen and oxygen atoms in total. The first kappa shape index (κ1) is 14.6. The number of alkyl halides is 2. The van der Waals surface area contributed by atoms with Gasteiger partial charge in [0.2, 0.25) is 6.23 Å². The van der Waals surface area contributed by atoms with Crippen molar-refractivity contribution in [3.05, 3.63) is 66.0 Å². The van der Waals surface area contributed by atoms with E-state index in [2.05, 4.69) is 20.1 Å². The van der Waals surface area contributed by atoms with Gasteiger partial charge in [0.05, 0.1) is 11.0 Å². The van der Waals surface area contributed by atoms with Crippen molar-refractivity contribution < 1.29 is 13.5 Å². The van der Waals surface area contributed by atoms with Gasteiger partial charge in [-0.1, -0.05) is 24.3 Å². The molecule has 0 bridgehead atoms. The average molecular weight is 328 g/mol. The van der Waals surface area contributed by atoms with Crippen LogP contribution in [0.2, 0.25) is 0 Å². The van der Waals surface area contributed by atoms with E-state index in [-0.39, 0.29) is 0 Å². The normalized spacial score (nSPS) is 17.0. The molecule has 4 rings (SSSR count). The van der Waals surface area contributed by atoms with Crippen LogP contribution in [0, 0.1) is 0 Å². The second kappa shape index (κ2) is 5.92. The second-order valence-corrected chi connectivity index (χ2v) is 5.47. The largest absolute Gasteiger partial charge is 0.446 e. The summed E-state index contributed by atoms with van der Waals surface area (Å²) < 4.78 is 32.3. The fraction of sp³-hybridized carbons (Fsp3) is 0.176. The SMILES string of the molecule is FC(F)C1=NNC(c2ccc(Cn3ccc4ncccc43)cc2)O1. The molecule has 2 aromatic heterocycles. The standard InChI is InChI=1S/C17H14F2N4O/c18-15(19)17-22-21-16(24-17)12-5-3-11(4-6-12)10-23-9-7-13-14(23)2-1-8-20-13/h1-9,15-16,21H,10H2. The van der Waals surface area contributed by atoms with Gasteiger partial charge in [-0.25, -0.2) is 0 Å². The molecule has 1 aromatic carbocycles. The molecule has 1 aliphatic heterocycles. The smallest absolute Gasteiger partial charge is 0.314 e. The quantitative estimate of drug-likeness (QED) is 0.800. The predicted octanol–water partition coefficient (Wildman–Crippen LogP) is 3.28. The van der Waals surface area contributed by atoms with E-state index in [1.54, 1.807) is 6.20 Å². The van der Waals surface area contributed by atoms with E-state index in [1.807, 2.05) is 48.7 Å². The third-order valence-corrected chi connectivity index (χ3v) is 3.89. The fourth-order valence-electron chi connectivity index (χ4n) is 2.69. The number of hydrogen-bond donors (Lipinski definition) is 1. The molecule has 24 heavy (non-hydrogen) atoms. The van der Waals surface area contributed by atoms with Crippen LogP contribution in [-0.4, -0.2) is 21.9 Å². The van der Waals surface area contributed by atoms with Crippen LogP contribution in [0.1, 0.15) is 17.4 Å². The Bertz CT molecular complexity index is 889. The summed E-state index contributed by atoms with van der Waals surface area (Å²) in [5.41, 5.74) is 6.42. The maximum Gasteiger partial charge on any atom is 0.314 e. The molecule has 1 unspecified atom stereocenters. The van der Waals surface area contributed by atoms with Crippen molar-refractivity contribution in [2.45, 2.75) is 19.2 Å². The van der Waals surface area contributed by atoms with Gasteiger partial charge in [0.25, 0.3) is 5.90 Å². The molecule has 0 fully saturated rings. The van der Waals surface area contributed by atoms with Crippen LogP contribution < -0.4 is 5.43 Å². The topological polar surface area (TPSA) is 51.4 Å². The van der Waals surface area contributed by atoms with Gasteiger partial charge in [0, 0.05) is 24.5 Å². The first-order valence-electron chi connectivity index (χ1n) is 7.47. The Labute approximate surface area is 136 Å². The zero-order chi connectivity index (χ0) is 16.5. The Morgan fingerprint density at radius 2 is 2.00 bits per heavy atom. The van der Waals surface area contributed by atoms with E-state index in [9.17, 15) is 8.78 Å². The van der Waals surface area contributed by atoms with E-state index in [0.29, 0.717) is 6.54 Å². The van der Waals surface area contributed by atoms with E-state index in [1.165, 1.54) is 0 Å². The van der Waals surface area contributed by atoms with Gasteiger partial charge in [-0.2, -0.15) is 8.78 Å². The molecule has 0 saturated heterocycles. The summed E-state index contributed by atoms with van der Waals surface area (Å²) in [6.45, 7) is 0.702. The number of benzene rings is 1. The summed E-state index contributed by atoms with van der Waals surface area (Å²) in [5.74, 6) is -0.574. The van der Waals surface area contributed by atoms with E-state index < -0.39 is 18.6 Å². The number of halogens is 2. The van der Waals surface area contributed by atoms with E-state index in [4.69, 9.17) is 4.74 Å². The molecule has 1 N–H and O–H groups in total. The van der Waals surface area contributed by atoms with Gasteiger partial charge >= 0.3 is 6.43 Å². The molecule has 3 heterocycles. The maximum atomic E-state index is 12.5. The minimum atomic E-state index is -2.71. The average Bonchev–Trinajstić information content (AvgIpc) is 3.24. The molecular formula is C17H14F2N4O. The Balaban J connectivity index is 1.49. The van der Waals surface area contributed by atoms with Crippen LogP contribution in [0.4, 0.5) is 8.78 Å². The Morgan fingerprint density at radius 3 is 2.75 bits per heavy atom. The van der Waals surface area contributed by atoms with Crippen molar-refractivity contribution in [1.82, 2.24) is 15.0 Å². The summed E-state index contributed by atoms with van der Waals surface area (Å²) in [5, 5.41) is 3.49. The molecule has 7 heteroatoms. The number of hydrogen-bond acceptors (Lipinski definition) is 4. The molecule has 1 aliphatic rings. The van der Waals surface area contributed by atoms with Crippen LogP contribution in [0.15, 0.2) is 60.0 Å². The van der Waals surface area contributed by atoms with Crippen molar-refractivity contribution in [2.24, 2.45) is 5.10 Å². The Hall–Kier alpha value is -2.96. The molecule has 122 valence electrons. The Morgan fingerprint density at radius 1 is 1.17 bits per heavy atom. The summed E-state index contributed by atoms with van der Waals surface area (Å²) in [4.78, 5) is 4.31. The summed E-state index contributed by atoms with van der Waals surface area (Å²) in [6.07, 6.45) is 0.388. The molecule has 0 aliphatic carbocycles. The number of pyridine rings is 1. The number of hydrazone groups is 1. The highest BCUT2D eigenvalue weighted by molar-refractivity contribution is 5.80. The van der Waals surface area contributed by atoms with Crippen LogP contribution in [0.5, 0.6) is 0 Å². The summed E-state index contributed by atoms with van der Waals surface area (Å²) in [6, 6.07) is 13.5. The van der Waals surface area contributed by atoms with Crippen LogP contribution in [-0.2, 0) is 11.3 Å². The summed E-state index contributed by atoms with van der Waals surface area (Å²) in [7, 11) is 0. The van der Waals surface area contributed by atoms with Gasteiger partial charge < -0.3 is 9.30 Å². The minimum absolute atomic E-state index is 0.574. The van der Waals surface area contributed by atoms with Crippen LogP contribution in [0.3, 0.4) is 0 Å². The van der Waals surface area contributed by atoms with Gasteiger partial charge in [0.1, 0.15) is 0 Å². The van der Waals surface area contributed by atoms with Crippen LogP contribution >= 0.6 is 0 Å². The molecule has 0 saturated carbocycles. The van der Waals surface area contributed by atoms with Crippen molar-refractivity contribution in [3.63, 3.8) is 0 Å². The number of aromatic nitrogens is 2. The minimum Gasteiger partial charge on any atom is -0.446 e. The van der Waals surface area contributed by atoms with Crippen molar-refractivity contribution >= 4 is 16.9 Å². The number of ether oxygens (including phenoxy) is 1. The molecule has 3 aromatic rings. The molecular weight excluding hydrogens is 314 g/mol. The highest BCUT2D eigenvalue weighted by Gasteiger charge is 2.27. The Kier molecular flexibility index (Phi) is 3.60. The lowest BCUT2D eigenvalue weighted by Gasteiger charge is -2.12. The third kappa shape index (κ3) is 2.68. The zero-order valence-electron chi connectivity index (χ0n) is 12.6. The maximum absolute atomic E-state index is 12.5. The third-order valence-electron chi connectivity index (χ3n) is 3.89. The summed E-state index contributed by atoms with van der Waals surface area (Å²) >= 11 is 0. The predicted molar refractivity (Wildman–Crippen MR) is 85.7 cm³/mol. The molecule has 0 amide bonds. The first-order chi connectivity index (χ1) is 11.7. The number of nitrogens with one attached hydrogen (secondary N) is 1. The fourth-order valence-corrected chi connectivity index (χ4v) is 2.69. The first-order valence-corrected chi connectivity index (χ1v) is 7.47. The lowest BCUT2D eigenvalue weighted by Crippen LogP contribution is -2.15. The van der Waals surface area contributed by atoms with Gasteiger partial charge in [-0.05, 0) is 23.8 Å². The lowest BCUT2D eigenvalue weighted by atomic mass is 10.1. The van der Waals surface area contributed by atoms with Gasteiger partial charge in [-0.15, -0.1) is 5.10 Å². The van der Waals surface area contributed by atoms with E-state index >= 15 is 0 Å². The van der Waals surface area contributed by atoms with Crippen molar-refractivity contribution in [1.29, 1.82) is 0 Å². The highest BCUT2D eigenvalue weighted by atomic mass is 19.3. The number of rotatable bonds is 4. The molecule has 1 atom stereocenters. The second-order valence-electron chi connectivity index (χ2n) is 5.47.